The van der Waals surface area contributed by atoms with Crippen molar-refractivity contribution in [2.75, 3.05) is 0 Å². The van der Waals surface area contributed by atoms with Crippen LogP contribution in [-0.2, 0) is 5.88 Å². The zero-order valence-corrected chi connectivity index (χ0v) is 11.3. The second-order valence-corrected chi connectivity index (χ2v) is 4.68. The Morgan fingerprint density at radius 2 is 2.00 bits per heavy atom. The fourth-order valence-electron chi connectivity index (χ4n) is 1.77. The third-order valence-corrected chi connectivity index (χ3v) is 2.97. The summed E-state index contributed by atoms with van der Waals surface area (Å²) in [7, 11) is 0. The quantitative estimate of drug-likeness (QED) is 0.742. The van der Waals surface area contributed by atoms with Crippen LogP contribution in [0, 0.1) is 0 Å². The van der Waals surface area contributed by atoms with Gasteiger partial charge in [0, 0.05) is 12.3 Å². The van der Waals surface area contributed by atoms with Gasteiger partial charge < -0.3 is 4.74 Å². The van der Waals surface area contributed by atoms with Crippen LogP contribution < -0.4 is 4.74 Å². The van der Waals surface area contributed by atoms with Gasteiger partial charge in [0.15, 0.2) is 0 Å². The fourth-order valence-corrected chi connectivity index (χ4v) is 1.92. The lowest BCUT2D eigenvalue weighted by Gasteiger charge is -2.13. The number of benzene rings is 1. The summed E-state index contributed by atoms with van der Waals surface area (Å²) in [6.07, 6.45) is 1.71. The van der Waals surface area contributed by atoms with Crippen LogP contribution in [-0.4, -0.2) is 4.98 Å². The Morgan fingerprint density at radius 1 is 1.22 bits per heavy atom. The van der Waals surface area contributed by atoms with Gasteiger partial charge in [-0.15, -0.1) is 11.6 Å². The Labute approximate surface area is 113 Å². The first kappa shape index (κ1) is 12.9. The number of alkyl halides is 1. The molecule has 0 atom stereocenters. The highest BCUT2D eigenvalue weighted by Crippen LogP contribution is 2.30. The SMILES string of the molecule is CC(C)c1ccccc1Oc1ccnc(CCl)c1. The molecule has 2 nitrogen and oxygen atoms in total. The van der Waals surface area contributed by atoms with E-state index in [0.29, 0.717) is 11.8 Å². The molecule has 0 amide bonds. The average molecular weight is 262 g/mol. The van der Waals surface area contributed by atoms with Gasteiger partial charge in [-0.25, -0.2) is 0 Å². The first-order chi connectivity index (χ1) is 8.70. The standard InChI is InChI=1S/C15H16ClNO/c1-11(2)14-5-3-4-6-15(14)18-13-7-8-17-12(9-13)10-16/h3-9,11H,10H2,1-2H3. The van der Waals surface area contributed by atoms with Gasteiger partial charge in [0.1, 0.15) is 11.5 Å². The third kappa shape index (κ3) is 3.02. The topological polar surface area (TPSA) is 22.1 Å². The number of rotatable bonds is 4. The van der Waals surface area contributed by atoms with Crippen molar-refractivity contribution in [2.24, 2.45) is 0 Å². The molecule has 0 aliphatic carbocycles. The van der Waals surface area contributed by atoms with Gasteiger partial charge in [0.2, 0.25) is 0 Å². The molecule has 0 saturated carbocycles. The number of pyridine rings is 1. The van der Waals surface area contributed by atoms with Gasteiger partial charge >= 0.3 is 0 Å². The molecule has 0 N–H and O–H groups in total. The molecule has 2 aromatic rings. The minimum Gasteiger partial charge on any atom is -0.457 e. The maximum Gasteiger partial charge on any atom is 0.130 e. The predicted octanol–water partition coefficient (Wildman–Crippen LogP) is 4.74. The molecule has 0 aliphatic heterocycles. The van der Waals surface area contributed by atoms with Gasteiger partial charge in [0.25, 0.3) is 0 Å². The predicted molar refractivity (Wildman–Crippen MR) is 74.4 cm³/mol. The summed E-state index contributed by atoms with van der Waals surface area (Å²) in [6, 6.07) is 11.8. The van der Waals surface area contributed by atoms with Gasteiger partial charge in [0.05, 0.1) is 11.6 Å². The molecule has 0 spiro atoms. The van der Waals surface area contributed by atoms with Crippen molar-refractivity contribution in [1.82, 2.24) is 4.98 Å². The van der Waals surface area contributed by atoms with Gasteiger partial charge in [-0.2, -0.15) is 0 Å². The maximum absolute atomic E-state index is 5.91. The second kappa shape index (κ2) is 5.87. The highest BCUT2D eigenvalue weighted by atomic mass is 35.5. The van der Waals surface area contributed by atoms with E-state index in [9.17, 15) is 0 Å². The fraction of sp³-hybridized carbons (Fsp3) is 0.267. The highest BCUT2D eigenvalue weighted by Gasteiger charge is 2.08. The normalized spacial score (nSPS) is 10.7. The molecule has 0 unspecified atom stereocenters. The molecular weight excluding hydrogens is 246 g/mol. The van der Waals surface area contributed by atoms with E-state index in [0.717, 1.165) is 17.2 Å². The summed E-state index contributed by atoms with van der Waals surface area (Å²) in [5.41, 5.74) is 2.01. The zero-order valence-electron chi connectivity index (χ0n) is 10.6. The lowest BCUT2D eigenvalue weighted by molar-refractivity contribution is 0.472. The largest absolute Gasteiger partial charge is 0.457 e. The van der Waals surface area contributed by atoms with E-state index >= 15 is 0 Å². The van der Waals surface area contributed by atoms with Crippen molar-refractivity contribution in [1.29, 1.82) is 0 Å². The third-order valence-electron chi connectivity index (χ3n) is 2.69. The summed E-state index contributed by atoms with van der Waals surface area (Å²) in [6.45, 7) is 4.30. The molecule has 1 heterocycles. The van der Waals surface area contributed by atoms with Crippen molar-refractivity contribution < 1.29 is 4.74 Å². The smallest absolute Gasteiger partial charge is 0.130 e. The minimum atomic E-state index is 0.392. The second-order valence-electron chi connectivity index (χ2n) is 4.41. The van der Waals surface area contributed by atoms with E-state index in [2.05, 4.69) is 24.9 Å². The average Bonchev–Trinajstić information content (AvgIpc) is 2.39. The Morgan fingerprint density at radius 3 is 2.72 bits per heavy atom. The minimum absolute atomic E-state index is 0.392. The number of hydrogen-bond acceptors (Lipinski definition) is 2. The van der Waals surface area contributed by atoms with Crippen LogP contribution in [0.15, 0.2) is 42.6 Å². The van der Waals surface area contributed by atoms with E-state index in [4.69, 9.17) is 16.3 Å². The van der Waals surface area contributed by atoms with Crippen molar-refractivity contribution in [2.45, 2.75) is 25.6 Å². The van der Waals surface area contributed by atoms with Crippen molar-refractivity contribution in [3.63, 3.8) is 0 Å². The molecule has 0 saturated heterocycles. The molecule has 2 rings (SSSR count). The first-order valence-electron chi connectivity index (χ1n) is 5.98. The number of para-hydroxylation sites is 1. The van der Waals surface area contributed by atoms with Crippen LogP contribution in [0.3, 0.4) is 0 Å². The Hall–Kier alpha value is -1.54. The van der Waals surface area contributed by atoms with Crippen molar-refractivity contribution in [3.05, 3.63) is 53.9 Å². The molecule has 94 valence electrons. The van der Waals surface area contributed by atoms with Crippen LogP contribution in [0.1, 0.15) is 31.0 Å². The van der Waals surface area contributed by atoms with Crippen molar-refractivity contribution in [3.8, 4) is 11.5 Å². The van der Waals surface area contributed by atoms with E-state index in [1.165, 1.54) is 5.56 Å². The van der Waals surface area contributed by atoms with Crippen molar-refractivity contribution >= 4 is 11.6 Å². The molecular formula is C15H16ClNO. The van der Waals surface area contributed by atoms with Crippen LogP contribution >= 0.6 is 11.6 Å². The van der Waals surface area contributed by atoms with E-state index < -0.39 is 0 Å². The molecule has 0 fully saturated rings. The van der Waals surface area contributed by atoms with Gasteiger partial charge in [-0.1, -0.05) is 32.0 Å². The molecule has 0 bridgehead atoms. The summed E-state index contributed by atoms with van der Waals surface area (Å²) in [5, 5.41) is 0. The lowest BCUT2D eigenvalue weighted by atomic mass is 10.0. The van der Waals surface area contributed by atoms with Gasteiger partial charge in [-0.3, -0.25) is 4.98 Å². The Kier molecular flexibility index (Phi) is 4.21. The molecule has 1 aromatic carbocycles. The summed E-state index contributed by atoms with van der Waals surface area (Å²) < 4.78 is 5.91. The van der Waals surface area contributed by atoms with Crippen LogP contribution in [0.2, 0.25) is 0 Å². The van der Waals surface area contributed by atoms with Crippen LogP contribution in [0.25, 0.3) is 0 Å². The molecule has 3 heteroatoms. The number of aromatic nitrogens is 1. The molecule has 1 aromatic heterocycles. The number of halogens is 1. The number of ether oxygens (including phenoxy) is 1. The number of hydrogen-bond donors (Lipinski definition) is 0. The summed E-state index contributed by atoms with van der Waals surface area (Å²) in [5.74, 6) is 2.48. The molecule has 0 aliphatic rings. The summed E-state index contributed by atoms with van der Waals surface area (Å²) >= 11 is 5.77. The first-order valence-corrected chi connectivity index (χ1v) is 6.52. The zero-order chi connectivity index (χ0) is 13.0. The van der Waals surface area contributed by atoms with E-state index in [-0.39, 0.29) is 0 Å². The van der Waals surface area contributed by atoms with Gasteiger partial charge in [-0.05, 0) is 23.6 Å². The highest BCUT2D eigenvalue weighted by molar-refractivity contribution is 6.16. The van der Waals surface area contributed by atoms with E-state index in [1.54, 1.807) is 6.20 Å². The molecule has 0 radical (unpaired) electrons. The summed E-state index contributed by atoms with van der Waals surface area (Å²) in [4.78, 5) is 4.15. The van der Waals surface area contributed by atoms with E-state index in [1.807, 2.05) is 30.3 Å². The maximum atomic E-state index is 5.91. The lowest BCUT2D eigenvalue weighted by Crippen LogP contribution is -1.94. The van der Waals surface area contributed by atoms with Crippen LogP contribution in [0.4, 0.5) is 0 Å². The Bertz CT molecular complexity index is 525. The Balaban J connectivity index is 2.28. The van der Waals surface area contributed by atoms with Crippen LogP contribution in [0.5, 0.6) is 11.5 Å². The number of nitrogens with zero attached hydrogens (tertiary/aromatic N) is 1. The monoisotopic (exact) mass is 261 g/mol. The molecule has 18 heavy (non-hydrogen) atoms.